The fraction of sp³-hybridized carbons (Fsp3) is 0.455. The summed E-state index contributed by atoms with van der Waals surface area (Å²) in [6.07, 6.45) is 0.133. The van der Waals surface area contributed by atoms with Gasteiger partial charge in [0.1, 0.15) is 12.4 Å². The molecule has 0 bridgehead atoms. The second-order valence-corrected chi connectivity index (χ2v) is 3.79. The van der Waals surface area contributed by atoms with Crippen LogP contribution in [0.25, 0.3) is 0 Å². The van der Waals surface area contributed by atoms with Gasteiger partial charge in [-0.25, -0.2) is 0 Å². The molecule has 1 aromatic carbocycles. The van der Waals surface area contributed by atoms with Gasteiger partial charge in [-0.15, -0.1) is 0 Å². The Hall–Kier alpha value is -1.82. The Labute approximate surface area is 99.5 Å². The molecule has 17 heavy (non-hydrogen) atoms. The van der Waals surface area contributed by atoms with Gasteiger partial charge in [-0.3, -0.25) is 10.1 Å². The highest BCUT2D eigenvalue weighted by Crippen LogP contribution is 2.23. The number of rotatable bonds is 6. The molecule has 0 saturated heterocycles. The van der Waals surface area contributed by atoms with Crippen molar-refractivity contribution in [1.29, 1.82) is 0 Å². The molecule has 0 amide bonds. The quantitative estimate of drug-likeness (QED) is 0.355. The van der Waals surface area contributed by atoms with Crippen LogP contribution in [-0.2, 0) is 4.74 Å². The second kappa shape index (κ2) is 6.05. The smallest absolute Gasteiger partial charge is 0.275 e. The SMILES string of the molecule is CC(C)OCCOc1cc(N)cc([N+](=O)[O-])c1. The molecule has 1 aromatic rings. The van der Waals surface area contributed by atoms with Crippen LogP contribution in [0.4, 0.5) is 11.4 Å². The summed E-state index contributed by atoms with van der Waals surface area (Å²) in [6.45, 7) is 4.61. The van der Waals surface area contributed by atoms with Crippen molar-refractivity contribution in [3.63, 3.8) is 0 Å². The van der Waals surface area contributed by atoms with Gasteiger partial charge in [-0.05, 0) is 13.8 Å². The summed E-state index contributed by atoms with van der Waals surface area (Å²) in [5, 5.41) is 10.6. The molecular weight excluding hydrogens is 224 g/mol. The van der Waals surface area contributed by atoms with E-state index in [2.05, 4.69) is 0 Å². The van der Waals surface area contributed by atoms with E-state index in [1.54, 1.807) is 6.07 Å². The molecule has 0 radical (unpaired) electrons. The number of nitro benzene ring substituents is 1. The first-order valence-electron chi connectivity index (χ1n) is 5.28. The Morgan fingerprint density at radius 3 is 2.65 bits per heavy atom. The number of ether oxygens (including phenoxy) is 2. The van der Waals surface area contributed by atoms with Gasteiger partial charge in [-0.1, -0.05) is 0 Å². The summed E-state index contributed by atoms with van der Waals surface area (Å²) in [6, 6.07) is 4.17. The van der Waals surface area contributed by atoms with Gasteiger partial charge in [-0.2, -0.15) is 0 Å². The first kappa shape index (κ1) is 13.2. The molecule has 0 aromatic heterocycles. The van der Waals surface area contributed by atoms with Crippen LogP contribution >= 0.6 is 0 Å². The van der Waals surface area contributed by atoms with Gasteiger partial charge in [0.05, 0.1) is 23.7 Å². The van der Waals surface area contributed by atoms with Crippen LogP contribution in [0.1, 0.15) is 13.8 Å². The number of nitrogens with zero attached hydrogens (tertiary/aromatic N) is 1. The maximum atomic E-state index is 10.6. The van der Waals surface area contributed by atoms with E-state index in [4.69, 9.17) is 15.2 Å². The highest BCUT2D eigenvalue weighted by atomic mass is 16.6. The zero-order valence-corrected chi connectivity index (χ0v) is 9.88. The molecule has 2 N–H and O–H groups in total. The summed E-state index contributed by atoms with van der Waals surface area (Å²) in [4.78, 5) is 10.1. The molecule has 0 aliphatic heterocycles. The van der Waals surface area contributed by atoms with E-state index < -0.39 is 4.92 Å². The van der Waals surface area contributed by atoms with Gasteiger partial charge >= 0.3 is 0 Å². The van der Waals surface area contributed by atoms with Crippen molar-refractivity contribution in [2.24, 2.45) is 0 Å². The molecule has 0 aliphatic rings. The molecule has 1 rings (SSSR count). The number of nitro groups is 1. The Bertz CT molecular complexity index is 393. The summed E-state index contributed by atoms with van der Waals surface area (Å²) >= 11 is 0. The molecule has 0 heterocycles. The van der Waals surface area contributed by atoms with E-state index >= 15 is 0 Å². The minimum atomic E-state index is -0.506. The minimum absolute atomic E-state index is 0.0789. The minimum Gasteiger partial charge on any atom is -0.491 e. The fourth-order valence-corrected chi connectivity index (χ4v) is 1.24. The zero-order valence-electron chi connectivity index (χ0n) is 9.88. The lowest BCUT2D eigenvalue weighted by molar-refractivity contribution is -0.384. The van der Waals surface area contributed by atoms with Crippen LogP contribution in [-0.4, -0.2) is 24.2 Å². The third-order valence-electron chi connectivity index (χ3n) is 1.93. The van der Waals surface area contributed by atoms with Crippen LogP contribution in [0, 0.1) is 10.1 Å². The normalized spacial score (nSPS) is 10.5. The lowest BCUT2D eigenvalue weighted by Gasteiger charge is -2.09. The molecular formula is C11H16N2O4. The highest BCUT2D eigenvalue weighted by molar-refractivity contribution is 5.53. The van der Waals surface area contributed by atoms with Gasteiger partial charge in [0.2, 0.25) is 0 Å². The average molecular weight is 240 g/mol. The Morgan fingerprint density at radius 2 is 2.06 bits per heavy atom. The molecule has 0 aliphatic carbocycles. The number of non-ortho nitro benzene ring substituents is 1. The number of benzene rings is 1. The van der Waals surface area contributed by atoms with Crippen molar-refractivity contribution in [3.05, 3.63) is 28.3 Å². The van der Waals surface area contributed by atoms with Crippen molar-refractivity contribution >= 4 is 11.4 Å². The Kier molecular flexibility index (Phi) is 4.71. The van der Waals surface area contributed by atoms with Crippen LogP contribution in [0.2, 0.25) is 0 Å². The van der Waals surface area contributed by atoms with E-state index in [9.17, 15) is 10.1 Å². The second-order valence-electron chi connectivity index (χ2n) is 3.79. The monoisotopic (exact) mass is 240 g/mol. The Balaban J connectivity index is 2.56. The van der Waals surface area contributed by atoms with Crippen molar-refractivity contribution < 1.29 is 14.4 Å². The molecule has 0 unspecified atom stereocenters. The van der Waals surface area contributed by atoms with Crippen LogP contribution in [0.5, 0.6) is 5.75 Å². The molecule has 6 nitrogen and oxygen atoms in total. The molecule has 0 spiro atoms. The van der Waals surface area contributed by atoms with Gasteiger partial charge < -0.3 is 15.2 Å². The first-order chi connectivity index (χ1) is 7.99. The predicted octanol–water partition coefficient (Wildman–Crippen LogP) is 1.98. The third kappa shape index (κ3) is 4.69. The largest absolute Gasteiger partial charge is 0.491 e. The van der Waals surface area contributed by atoms with E-state index in [-0.39, 0.29) is 11.8 Å². The highest BCUT2D eigenvalue weighted by Gasteiger charge is 2.09. The van der Waals surface area contributed by atoms with Crippen molar-refractivity contribution in [3.8, 4) is 5.75 Å². The van der Waals surface area contributed by atoms with Crippen LogP contribution in [0.3, 0.4) is 0 Å². The van der Waals surface area contributed by atoms with Gasteiger partial charge in [0.15, 0.2) is 0 Å². The average Bonchev–Trinajstić information content (AvgIpc) is 2.23. The number of anilines is 1. The lowest BCUT2D eigenvalue weighted by atomic mass is 10.2. The number of nitrogens with two attached hydrogens (primary N) is 1. The van der Waals surface area contributed by atoms with Gasteiger partial charge in [0.25, 0.3) is 5.69 Å². The molecule has 94 valence electrons. The predicted molar refractivity (Wildman–Crippen MR) is 64.1 cm³/mol. The lowest BCUT2D eigenvalue weighted by Crippen LogP contribution is -2.11. The van der Waals surface area contributed by atoms with Crippen molar-refractivity contribution in [2.75, 3.05) is 18.9 Å². The first-order valence-corrected chi connectivity index (χ1v) is 5.28. The topological polar surface area (TPSA) is 87.6 Å². The standard InChI is InChI=1S/C11H16N2O4/c1-8(2)16-3-4-17-11-6-9(12)5-10(7-11)13(14)15/h5-8H,3-4,12H2,1-2H3. The number of nitrogen functional groups attached to an aromatic ring is 1. The number of hydrogen-bond donors (Lipinski definition) is 1. The summed E-state index contributed by atoms with van der Waals surface area (Å²) in [5.74, 6) is 0.379. The molecule has 0 atom stereocenters. The third-order valence-corrected chi connectivity index (χ3v) is 1.93. The van der Waals surface area contributed by atoms with E-state index in [1.807, 2.05) is 13.8 Å². The zero-order chi connectivity index (χ0) is 12.8. The molecule has 0 fully saturated rings. The summed E-state index contributed by atoms with van der Waals surface area (Å²) < 4.78 is 10.6. The van der Waals surface area contributed by atoms with Crippen molar-refractivity contribution in [2.45, 2.75) is 20.0 Å². The van der Waals surface area contributed by atoms with E-state index in [0.29, 0.717) is 24.7 Å². The van der Waals surface area contributed by atoms with E-state index in [1.165, 1.54) is 12.1 Å². The number of hydrogen-bond acceptors (Lipinski definition) is 5. The van der Waals surface area contributed by atoms with E-state index in [0.717, 1.165) is 0 Å². The van der Waals surface area contributed by atoms with Crippen LogP contribution in [0.15, 0.2) is 18.2 Å². The van der Waals surface area contributed by atoms with Gasteiger partial charge in [0, 0.05) is 17.8 Å². The fourth-order valence-electron chi connectivity index (χ4n) is 1.24. The summed E-state index contributed by atoms with van der Waals surface area (Å²) in [7, 11) is 0. The maximum absolute atomic E-state index is 10.6. The Morgan fingerprint density at radius 1 is 1.35 bits per heavy atom. The summed E-state index contributed by atoms with van der Waals surface area (Å²) in [5.41, 5.74) is 5.76. The molecule has 0 saturated carbocycles. The molecule has 6 heteroatoms. The van der Waals surface area contributed by atoms with Crippen LogP contribution < -0.4 is 10.5 Å². The van der Waals surface area contributed by atoms with Crippen molar-refractivity contribution in [1.82, 2.24) is 0 Å². The maximum Gasteiger partial charge on any atom is 0.275 e.